The number of benzene rings is 1. The molecular formula is C19H23N5. The normalized spacial score (nSPS) is 19.0. The standard InChI is InChI=1S/C19H23N5/c1-14-20-10-9-16(21-14)15-6-5-11-24(12-15)13-19-22-17-7-3-4-8-18(17)23(19)2/h3-4,7-10,15H,5-6,11-13H2,1-2H3/t15-/m1/s1. The smallest absolute Gasteiger partial charge is 0.125 e. The zero-order chi connectivity index (χ0) is 16.5. The molecule has 5 nitrogen and oxygen atoms in total. The predicted molar refractivity (Wildman–Crippen MR) is 94.7 cm³/mol. The van der Waals surface area contributed by atoms with Gasteiger partial charge < -0.3 is 4.57 Å². The molecule has 0 amide bonds. The first-order valence-corrected chi connectivity index (χ1v) is 8.63. The van der Waals surface area contributed by atoms with Gasteiger partial charge in [-0.2, -0.15) is 0 Å². The van der Waals surface area contributed by atoms with Gasteiger partial charge in [0.2, 0.25) is 0 Å². The molecule has 24 heavy (non-hydrogen) atoms. The Morgan fingerprint density at radius 1 is 1.17 bits per heavy atom. The highest BCUT2D eigenvalue weighted by Gasteiger charge is 2.23. The largest absolute Gasteiger partial charge is 0.330 e. The average Bonchev–Trinajstić information content (AvgIpc) is 2.91. The number of hydrogen-bond acceptors (Lipinski definition) is 4. The molecule has 124 valence electrons. The highest BCUT2D eigenvalue weighted by Crippen LogP contribution is 2.26. The lowest BCUT2D eigenvalue weighted by Gasteiger charge is -2.32. The van der Waals surface area contributed by atoms with Crippen molar-refractivity contribution in [2.45, 2.75) is 32.2 Å². The molecule has 0 bridgehead atoms. The third-order valence-corrected chi connectivity index (χ3v) is 4.97. The van der Waals surface area contributed by atoms with Crippen LogP contribution in [0.2, 0.25) is 0 Å². The lowest BCUT2D eigenvalue weighted by molar-refractivity contribution is 0.193. The predicted octanol–water partition coefficient (Wildman–Crippen LogP) is 3.05. The van der Waals surface area contributed by atoms with Crippen molar-refractivity contribution >= 4 is 11.0 Å². The third kappa shape index (κ3) is 2.91. The summed E-state index contributed by atoms with van der Waals surface area (Å²) in [7, 11) is 2.11. The van der Waals surface area contributed by atoms with Crippen molar-refractivity contribution in [1.29, 1.82) is 0 Å². The van der Waals surface area contributed by atoms with Crippen LogP contribution in [-0.2, 0) is 13.6 Å². The minimum Gasteiger partial charge on any atom is -0.330 e. The Hall–Kier alpha value is -2.27. The zero-order valence-corrected chi connectivity index (χ0v) is 14.3. The lowest BCUT2D eigenvalue weighted by atomic mass is 9.94. The van der Waals surface area contributed by atoms with Gasteiger partial charge in [0.25, 0.3) is 0 Å². The second-order valence-electron chi connectivity index (χ2n) is 6.68. The summed E-state index contributed by atoms with van der Waals surface area (Å²) in [4.78, 5) is 16.2. The van der Waals surface area contributed by atoms with Crippen LogP contribution in [-0.4, -0.2) is 37.5 Å². The van der Waals surface area contributed by atoms with Crippen molar-refractivity contribution < 1.29 is 0 Å². The van der Waals surface area contributed by atoms with Gasteiger partial charge in [-0.25, -0.2) is 15.0 Å². The number of aryl methyl sites for hydroxylation is 2. The van der Waals surface area contributed by atoms with Crippen molar-refractivity contribution in [3.63, 3.8) is 0 Å². The summed E-state index contributed by atoms with van der Waals surface area (Å²) in [6.45, 7) is 5.03. The summed E-state index contributed by atoms with van der Waals surface area (Å²) >= 11 is 0. The molecule has 1 aromatic carbocycles. The monoisotopic (exact) mass is 321 g/mol. The highest BCUT2D eigenvalue weighted by molar-refractivity contribution is 5.75. The number of likely N-dealkylation sites (tertiary alicyclic amines) is 1. The molecule has 0 spiro atoms. The van der Waals surface area contributed by atoms with Crippen LogP contribution in [0.4, 0.5) is 0 Å². The van der Waals surface area contributed by atoms with Crippen LogP contribution in [0, 0.1) is 6.92 Å². The number of aromatic nitrogens is 4. The second-order valence-corrected chi connectivity index (χ2v) is 6.68. The highest BCUT2D eigenvalue weighted by atomic mass is 15.2. The van der Waals surface area contributed by atoms with E-state index in [0.29, 0.717) is 5.92 Å². The number of para-hydroxylation sites is 2. The topological polar surface area (TPSA) is 46.8 Å². The molecular weight excluding hydrogens is 298 g/mol. The molecule has 1 fully saturated rings. The number of fused-ring (bicyclic) bond motifs is 1. The average molecular weight is 321 g/mol. The molecule has 0 unspecified atom stereocenters. The van der Waals surface area contributed by atoms with Crippen molar-refractivity contribution in [2.24, 2.45) is 7.05 Å². The van der Waals surface area contributed by atoms with Gasteiger partial charge in [-0.15, -0.1) is 0 Å². The molecule has 1 aliphatic rings. The SMILES string of the molecule is Cc1nccc([C@@H]2CCCN(Cc3nc4ccccc4n3C)C2)n1. The quantitative estimate of drug-likeness (QED) is 0.744. The molecule has 1 atom stereocenters. The maximum absolute atomic E-state index is 4.81. The fourth-order valence-corrected chi connectivity index (χ4v) is 3.68. The van der Waals surface area contributed by atoms with E-state index in [1.54, 1.807) is 0 Å². The maximum atomic E-state index is 4.81. The van der Waals surface area contributed by atoms with Gasteiger partial charge >= 0.3 is 0 Å². The molecule has 3 aromatic rings. The first kappa shape index (κ1) is 15.3. The molecule has 1 saturated heterocycles. The van der Waals surface area contributed by atoms with Crippen molar-refractivity contribution in [3.8, 4) is 0 Å². The number of imidazole rings is 1. The molecule has 0 aliphatic carbocycles. The first-order valence-electron chi connectivity index (χ1n) is 8.63. The van der Waals surface area contributed by atoms with Crippen LogP contribution in [0.15, 0.2) is 36.5 Å². The Morgan fingerprint density at radius 3 is 2.88 bits per heavy atom. The van der Waals surface area contributed by atoms with Gasteiger partial charge in [0.15, 0.2) is 0 Å². The van der Waals surface area contributed by atoms with Crippen molar-refractivity contribution in [1.82, 2.24) is 24.4 Å². The van der Waals surface area contributed by atoms with Crippen LogP contribution < -0.4 is 0 Å². The Morgan fingerprint density at radius 2 is 2.04 bits per heavy atom. The molecule has 0 N–H and O–H groups in total. The van der Waals surface area contributed by atoms with E-state index in [9.17, 15) is 0 Å². The maximum Gasteiger partial charge on any atom is 0.125 e. The van der Waals surface area contributed by atoms with Crippen LogP contribution in [0.3, 0.4) is 0 Å². The van der Waals surface area contributed by atoms with E-state index in [2.05, 4.69) is 50.7 Å². The molecule has 2 aromatic heterocycles. The van der Waals surface area contributed by atoms with Gasteiger partial charge in [0.05, 0.1) is 17.6 Å². The summed E-state index contributed by atoms with van der Waals surface area (Å²) < 4.78 is 2.22. The van der Waals surface area contributed by atoms with E-state index in [0.717, 1.165) is 36.8 Å². The summed E-state index contributed by atoms with van der Waals surface area (Å²) in [6, 6.07) is 10.4. The van der Waals surface area contributed by atoms with E-state index in [-0.39, 0.29) is 0 Å². The minimum atomic E-state index is 0.495. The van der Waals surface area contributed by atoms with Gasteiger partial charge in [-0.3, -0.25) is 4.90 Å². The van der Waals surface area contributed by atoms with Gasteiger partial charge in [-0.1, -0.05) is 12.1 Å². The second kappa shape index (κ2) is 6.32. The number of nitrogens with zero attached hydrogens (tertiary/aromatic N) is 5. The number of hydrogen-bond donors (Lipinski definition) is 0. The van der Waals surface area contributed by atoms with Crippen molar-refractivity contribution in [2.75, 3.05) is 13.1 Å². The number of rotatable bonds is 3. The summed E-state index contributed by atoms with van der Waals surface area (Å²) in [6.07, 6.45) is 4.29. The fraction of sp³-hybridized carbons (Fsp3) is 0.421. The first-order chi connectivity index (χ1) is 11.7. The van der Waals surface area contributed by atoms with E-state index >= 15 is 0 Å². The van der Waals surface area contributed by atoms with Gasteiger partial charge in [0, 0.05) is 31.4 Å². The Labute approximate surface area is 142 Å². The van der Waals surface area contributed by atoms with E-state index < -0.39 is 0 Å². The summed E-state index contributed by atoms with van der Waals surface area (Å²) in [5.74, 6) is 2.49. The third-order valence-electron chi connectivity index (χ3n) is 4.97. The fourth-order valence-electron chi connectivity index (χ4n) is 3.68. The van der Waals surface area contributed by atoms with E-state index in [1.807, 2.05) is 19.2 Å². The molecule has 1 aliphatic heterocycles. The molecule has 0 saturated carbocycles. The molecule has 5 heteroatoms. The lowest BCUT2D eigenvalue weighted by Crippen LogP contribution is -2.35. The Kier molecular flexibility index (Phi) is 4.02. The summed E-state index contributed by atoms with van der Waals surface area (Å²) in [5, 5.41) is 0. The number of piperidine rings is 1. The van der Waals surface area contributed by atoms with Crippen molar-refractivity contribution in [3.05, 3.63) is 53.9 Å². The van der Waals surface area contributed by atoms with Crippen LogP contribution >= 0.6 is 0 Å². The summed E-state index contributed by atoms with van der Waals surface area (Å²) in [5.41, 5.74) is 3.46. The molecule has 0 radical (unpaired) electrons. The van der Waals surface area contributed by atoms with Gasteiger partial charge in [0.1, 0.15) is 11.6 Å². The zero-order valence-electron chi connectivity index (χ0n) is 14.3. The molecule has 4 rings (SSSR count). The van der Waals surface area contributed by atoms with E-state index in [4.69, 9.17) is 4.98 Å². The van der Waals surface area contributed by atoms with E-state index in [1.165, 1.54) is 24.1 Å². The Bertz CT molecular complexity index is 854. The van der Waals surface area contributed by atoms with Crippen LogP contribution in [0.5, 0.6) is 0 Å². The van der Waals surface area contributed by atoms with Crippen LogP contribution in [0.1, 0.15) is 36.1 Å². The Balaban J connectivity index is 1.53. The minimum absolute atomic E-state index is 0.495. The molecule has 3 heterocycles. The van der Waals surface area contributed by atoms with Gasteiger partial charge in [-0.05, 0) is 44.5 Å². The van der Waals surface area contributed by atoms with Crippen LogP contribution in [0.25, 0.3) is 11.0 Å².